The van der Waals surface area contributed by atoms with E-state index in [2.05, 4.69) is 14.8 Å². The zero-order valence-electron chi connectivity index (χ0n) is 13.6. The fourth-order valence-corrected chi connectivity index (χ4v) is 5.40. The normalized spacial score (nSPS) is 36.3. The number of carbonyl (C=O) groups excluding carboxylic acids is 2. The molecule has 1 aromatic carbocycles. The topological polar surface area (TPSA) is 96.2 Å². The molecule has 0 unspecified atom stereocenters. The summed E-state index contributed by atoms with van der Waals surface area (Å²) in [5.41, 5.74) is 0.473. The fraction of sp³-hybridized carbons (Fsp3) is 0.471. The maximum atomic E-state index is 13.2. The van der Waals surface area contributed by atoms with Crippen LogP contribution in [-0.4, -0.2) is 31.8 Å². The number of anilines is 1. The highest BCUT2D eigenvalue weighted by molar-refractivity contribution is 7.00. The number of rotatable bonds is 1. The number of nitriles is 1. The van der Waals surface area contributed by atoms with Crippen LogP contribution in [0.3, 0.4) is 0 Å². The first-order chi connectivity index (χ1) is 11.9. The van der Waals surface area contributed by atoms with Crippen molar-refractivity contribution in [3.05, 3.63) is 17.7 Å². The molecule has 4 atom stereocenters. The van der Waals surface area contributed by atoms with Gasteiger partial charge in [0.25, 0.3) is 0 Å². The van der Waals surface area contributed by atoms with Crippen molar-refractivity contribution < 1.29 is 14.3 Å². The molecule has 0 radical (unpaired) electrons. The van der Waals surface area contributed by atoms with Crippen molar-refractivity contribution in [3.63, 3.8) is 0 Å². The van der Waals surface area contributed by atoms with E-state index >= 15 is 0 Å². The van der Waals surface area contributed by atoms with Crippen LogP contribution < -0.4 is 4.90 Å². The van der Waals surface area contributed by atoms with Gasteiger partial charge in [-0.3, -0.25) is 9.59 Å². The van der Waals surface area contributed by atoms with Crippen LogP contribution in [0.5, 0.6) is 0 Å². The molecule has 0 spiro atoms. The zero-order chi connectivity index (χ0) is 17.6. The number of amides is 2. The lowest BCUT2D eigenvalue weighted by Gasteiger charge is -2.27. The van der Waals surface area contributed by atoms with Gasteiger partial charge in [-0.15, -0.1) is 0 Å². The Balaban J connectivity index is 1.68. The molecular formula is C17H14N4O3S. The van der Waals surface area contributed by atoms with Crippen molar-refractivity contribution in [2.45, 2.75) is 37.9 Å². The molecule has 1 aromatic heterocycles. The molecule has 126 valence electrons. The van der Waals surface area contributed by atoms with E-state index in [1.165, 1.54) is 4.90 Å². The lowest BCUT2D eigenvalue weighted by atomic mass is 9.69. The Kier molecular flexibility index (Phi) is 2.64. The van der Waals surface area contributed by atoms with Crippen molar-refractivity contribution in [1.82, 2.24) is 8.75 Å². The summed E-state index contributed by atoms with van der Waals surface area (Å²) in [6.07, 6.45) is 1.55. The molecule has 2 bridgehead atoms. The minimum atomic E-state index is -0.590. The van der Waals surface area contributed by atoms with Gasteiger partial charge in [0.2, 0.25) is 11.8 Å². The number of hydrogen-bond donors (Lipinski definition) is 0. The van der Waals surface area contributed by atoms with E-state index in [0.29, 0.717) is 22.3 Å². The van der Waals surface area contributed by atoms with Crippen LogP contribution >= 0.6 is 11.7 Å². The Hall–Kier alpha value is -2.37. The second-order valence-electron chi connectivity index (χ2n) is 7.40. The number of fused-ring (bicyclic) bond motifs is 6. The highest BCUT2D eigenvalue weighted by Gasteiger charge is 2.72. The lowest BCUT2D eigenvalue weighted by molar-refractivity contribution is -0.129. The zero-order valence-corrected chi connectivity index (χ0v) is 14.5. The number of hydrogen-bond acceptors (Lipinski definition) is 7. The minimum Gasteiger partial charge on any atom is -0.367 e. The molecule has 3 aliphatic heterocycles. The Morgan fingerprint density at radius 2 is 1.76 bits per heavy atom. The monoisotopic (exact) mass is 354 g/mol. The smallest absolute Gasteiger partial charge is 0.240 e. The Morgan fingerprint density at radius 1 is 1.16 bits per heavy atom. The van der Waals surface area contributed by atoms with Gasteiger partial charge in [-0.2, -0.15) is 14.0 Å². The van der Waals surface area contributed by atoms with Crippen LogP contribution in [-0.2, 0) is 14.3 Å². The molecule has 7 nitrogen and oxygen atoms in total. The van der Waals surface area contributed by atoms with E-state index in [9.17, 15) is 14.9 Å². The Bertz CT molecular complexity index is 977. The standard InChI is InChI=1S/C17H14N4O3S/c1-16-5-6-17(2,24-16)11-10(16)14(22)21(15(11)23)9-4-3-8(7-18)12-13(9)20-25-19-12/h3-4,10-11H,5-6H2,1-2H3/t10-,11+,16-,17+. The molecule has 0 saturated carbocycles. The van der Waals surface area contributed by atoms with Crippen LogP contribution in [0.4, 0.5) is 5.69 Å². The maximum absolute atomic E-state index is 13.2. The molecule has 4 heterocycles. The van der Waals surface area contributed by atoms with Crippen LogP contribution in [0.15, 0.2) is 12.1 Å². The summed E-state index contributed by atoms with van der Waals surface area (Å²) in [5.74, 6) is -1.40. The lowest BCUT2D eigenvalue weighted by Crippen LogP contribution is -2.40. The highest BCUT2D eigenvalue weighted by Crippen LogP contribution is 2.61. The van der Waals surface area contributed by atoms with E-state index in [1.807, 2.05) is 13.8 Å². The fourth-order valence-electron chi connectivity index (χ4n) is 4.83. The van der Waals surface area contributed by atoms with Gasteiger partial charge in [0.15, 0.2) is 0 Å². The van der Waals surface area contributed by atoms with Crippen molar-refractivity contribution >= 4 is 40.3 Å². The number of carbonyl (C=O) groups is 2. The van der Waals surface area contributed by atoms with E-state index in [4.69, 9.17) is 4.74 Å². The Labute approximate surface area is 147 Å². The molecule has 25 heavy (non-hydrogen) atoms. The van der Waals surface area contributed by atoms with Gasteiger partial charge >= 0.3 is 0 Å². The van der Waals surface area contributed by atoms with Crippen molar-refractivity contribution in [2.75, 3.05) is 4.90 Å². The third-order valence-corrected chi connectivity index (χ3v) is 6.49. The van der Waals surface area contributed by atoms with E-state index in [0.717, 1.165) is 24.6 Å². The quantitative estimate of drug-likeness (QED) is 0.727. The number of ether oxygens (including phenoxy) is 1. The molecule has 0 N–H and O–H groups in total. The van der Waals surface area contributed by atoms with Crippen molar-refractivity contribution in [1.29, 1.82) is 5.26 Å². The average Bonchev–Trinajstić information content (AvgIpc) is 3.28. The average molecular weight is 354 g/mol. The first-order valence-electron chi connectivity index (χ1n) is 8.13. The summed E-state index contributed by atoms with van der Waals surface area (Å²) in [4.78, 5) is 27.6. The first kappa shape index (κ1) is 14.9. The van der Waals surface area contributed by atoms with Crippen LogP contribution in [0.2, 0.25) is 0 Å². The van der Waals surface area contributed by atoms with Gasteiger partial charge in [0.1, 0.15) is 17.1 Å². The summed E-state index contributed by atoms with van der Waals surface area (Å²) in [6, 6.07) is 5.27. The second kappa shape index (κ2) is 4.42. The highest BCUT2D eigenvalue weighted by atomic mass is 32.1. The second-order valence-corrected chi connectivity index (χ2v) is 7.93. The van der Waals surface area contributed by atoms with Crippen molar-refractivity contribution in [2.24, 2.45) is 11.8 Å². The largest absolute Gasteiger partial charge is 0.367 e. The summed E-state index contributed by atoms with van der Waals surface area (Å²) < 4.78 is 14.5. The number of nitrogens with zero attached hydrogens (tertiary/aromatic N) is 4. The molecule has 8 heteroatoms. The van der Waals surface area contributed by atoms with Crippen LogP contribution in [0, 0.1) is 23.2 Å². The molecule has 5 rings (SSSR count). The van der Waals surface area contributed by atoms with Gasteiger partial charge in [0, 0.05) is 0 Å². The Morgan fingerprint density at radius 3 is 2.36 bits per heavy atom. The van der Waals surface area contributed by atoms with Crippen LogP contribution in [0.1, 0.15) is 32.3 Å². The van der Waals surface area contributed by atoms with E-state index < -0.39 is 23.0 Å². The number of imide groups is 1. The minimum absolute atomic E-state index is 0.236. The van der Waals surface area contributed by atoms with Crippen molar-refractivity contribution in [3.8, 4) is 6.07 Å². The van der Waals surface area contributed by atoms with E-state index in [1.54, 1.807) is 12.1 Å². The predicted molar refractivity (Wildman–Crippen MR) is 88.7 cm³/mol. The SMILES string of the molecule is C[C@]12CC[C@](C)(O1)[C@@H]1C(=O)N(c3ccc(C#N)c4nsnc34)C(=O)[C@@H]12. The first-order valence-corrected chi connectivity index (χ1v) is 8.86. The van der Waals surface area contributed by atoms with Gasteiger partial charge in [-0.25, -0.2) is 4.90 Å². The summed E-state index contributed by atoms with van der Waals surface area (Å²) in [7, 11) is 0. The van der Waals surface area contributed by atoms with Gasteiger partial charge in [0.05, 0.1) is 46.0 Å². The molecule has 2 aromatic rings. The molecule has 3 fully saturated rings. The molecule has 3 saturated heterocycles. The van der Waals surface area contributed by atoms with Gasteiger partial charge < -0.3 is 4.74 Å². The number of benzene rings is 1. The molecule has 2 amide bonds. The van der Waals surface area contributed by atoms with Gasteiger partial charge in [-0.1, -0.05) is 0 Å². The molecular weight excluding hydrogens is 340 g/mol. The molecule has 3 aliphatic rings. The third kappa shape index (κ3) is 1.62. The van der Waals surface area contributed by atoms with Crippen LogP contribution in [0.25, 0.3) is 11.0 Å². The van der Waals surface area contributed by atoms with E-state index in [-0.39, 0.29) is 11.8 Å². The van der Waals surface area contributed by atoms with Gasteiger partial charge in [-0.05, 0) is 38.8 Å². The summed E-state index contributed by atoms with van der Waals surface area (Å²) in [5, 5.41) is 9.21. The summed E-state index contributed by atoms with van der Waals surface area (Å²) in [6.45, 7) is 3.85. The summed E-state index contributed by atoms with van der Waals surface area (Å²) >= 11 is 0.966. The molecule has 0 aliphatic carbocycles. The maximum Gasteiger partial charge on any atom is 0.240 e. The third-order valence-electron chi connectivity index (χ3n) is 5.96. The predicted octanol–water partition coefficient (Wildman–Crippen LogP) is 2.01. The number of aromatic nitrogens is 2.